The SMILES string of the molecule is O=C1OCc2cc(N3c4ccccc4C4(c5ccccc5Sc5ccccc54)c4ccccc43)ccc21. The maximum absolute atomic E-state index is 12.1. The number of ether oxygens (including phenoxy) is 1. The van der Waals surface area contributed by atoms with Gasteiger partial charge in [0.1, 0.15) is 6.61 Å². The Kier molecular flexibility index (Phi) is 4.29. The molecule has 0 bridgehead atoms. The van der Waals surface area contributed by atoms with Crippen LogP contribution >= 0.6 is 11.8 Å². The molecular weight excluding hydrogens is 474 g/mol. The van der Waals surface area contributed by atoms with Crippen molar-refractivity contribution in [2.45, 2.75) is 21.8 Å². The van der Waals surface area contributed by atoms with E-state index in [1.54, 1.807) is 0 Å². The van der Waals surface area contributed by atoms with Crippen LogP contribution in [0.25, 0.3) is 0 Å². The van der Waals surface area contributed by atoms with Crippen LogP contribution in [0, 0.1) is 0 Å². The number of fused-ring (bicyclic) bond motifs is 9. The van der Waals surface area contributed by atoms with E-state index in [-0.39, 0.29) is 5.97 Å². The largest absolute Gasteiger partial charge is 0.457 e. The van der Waals surface area contributed by atoms with E-state index in [0.717, 1.165) is 22.6 Å². The Morgan fingerprint density at radius 2 is 1.19 bits per heavy atom. The van der Waals surface area contributed by atoms with Gasteiger partial charge in [-0.25, -0.2) is 4.79 Å². The Hall–Kier alpha value is -4.28. The highest BCUT2D eigenvalue weighted by Gasteiger charge is 2.50. The number of hydrogen-bond donors (Lipinski definition) is 0. The van der Waals surface area contributed by atoms with Gasteiger partial charge in [-0.1, -0.05) is 84.6 Å². The summed E-state index contributed by atoms with van der Waals surface area (Å²) >= 11 is 1.85. The summed E-state index contributed by atoms with van der Waals surface area (Å²) < 4.78 is 5.31. The smallest absolute Gasteiger partial charge is 0.338 e. The van der Waals surface area contributed by atoms with E-state index in [0.29, 0.717) is 12.2 Å². The van der Waals surface area contributed by atoms with Gasteiger partial charge in [-0.2, -0.15) is 0 Å². The van der Waals surface area contributed by atoms with Crippen molar-refractivity contribution in [3.63, 3.8) is 0 Å². The lowest BCUT2D eigenvalue weighted by Crippen LogP contribution is -2.39. The van der Waals surface area contributed by atoms with Gasteiger partial charge in [0.05, 0.1) is 22.4 Å². The van der Waals surface area contributed by atoms with Crippen molar-refractivity contribution in [1.29, 1.82) is 0 Å². The Labute approximate surface area is 219 Å². The van der Waals surface area contributed by atoms with Gasteiger partial charge in [0.15, 0.2) is 0 Å². The number of carbonyl (C=O) groups excluding carboxylic acids is 1. The predicted molar refractivity (Wildman–Crippen MR) is 146 cm³/mol. The molecule has 3 aliphatic heterocycles. The first-order valence-corrected chi connectivity index (χ1v) is 13.2. The summed E-state index contributed by atoms with van der Waals surface area (Å²) in [4.78, 5) is 17.1. The lowest BCUT2D eigenvalue weighted by molar-refractivity contribution is 0.0535. The summed E-state index contributed by atoms with van der Waals surface area (Å²) in [6, 6.07) is 41.2. The second-order valence-electron chi connectivity index (χ2n) is 9.63. The second-order valence-corrected chi connectivity index (χ2v) is 10.7. The Bertz CT molecular complexity index is 1660. The molecule has 0 saturated carbocycles. The molecule has 0 radical (unpaired) electrons. The minimum absolute atomic E-state index is 0.243. The van der Waals surface area contributed by atoms with Crippen molar-refractivity contribution < 1.29 is 9.53 Å². The number of cyclic esters (lactones) is 1. The summed E-state index contributed by atoms with van der Waals surface area (Å²) in [6.07, 6.45) is 0. The molecule has 0 saturated heterocycles. The highest BCUT2D eigenvalue weighted by atomic mass is 32.2. The number of carbonyl (C=O) groups is 1. The van der Waals surface area contributed by atoms with Gasteiger partial charge >= 0.3 is 5.97 Å². The van der Waals surface area contributed by atoms with Gasteiger partial charge in [-0.3, -0.25) is 0 Å². The number of anilines is 3. The van der Waals surface area contributed by atoms with Crippen molar-refractivity contribution >= 4 is 34.8 Å². The molecule has 37 heavy (non-hydrogen) atoms. The van der Waals surface area contributed by atoms with Gasteiger partial charge in [0, 0.05) is 21.0 Å². The monoisotopic (exact) mass is 495 g/mol. The minimum atomic E-state index is -0.446. The summed E-state index contributed by atoms with van der Waals surface area (Å²) in [5.41, 5.74) is 9.58. The summed E-state index contributed by atoms with van der Waals surface area (Å²) in [5.74, 6) is -0.243. The standard InChI is InChI=1S/C33H21NO2S/c35-32-23-18-17-22(19-21(23)20-36-32)34-28-13-5-1-9-24(28)33(25-10-2-6-14-29(25)34)26-11-3-7-15-30(26)37-31-16-8-4-12-27(31)33/h1-19H,20H2. The Balaban J connectivity index is 1.49. The first-order chi connectivity index (χ1) is 18.3. The van der Waals surface area contributed by atoms with Gasteiger partial charge in [-0.15, -0.1) is 0 Å². The summed E-state index contributed by atoms with van der Waals surface area (Å²) in [7, 11) is 0. The molecule has 3 heterocycles. The highest BCUT2D eigenvalue weighted by Crippen LogP contribution is 2.62. The van der Waals surface area contributed by atoms with Crippen LogP contribution < -0.4 is 4.90 Å². The summed E-state index contributed by atoms with van der Waals surface area (Å²) in [5, 5.41) is 0. The molecule has 176 valence electrons. The molecule has 0 atom stereocenters. The van der Waals surface area contributed by atoms with Gasteiger partial charge in [-0.05, 0) is 64.7 Å². The maximum atomic E-state index is 12.1. The normalized spacial score (nSPS) is 15.8. The molecule has 3 nitrogen and oxygen atoms in total. The van der Waals surface area contributed by atoms with Gasteiger partial charge < -0.3 is 9.64 Å². The first kappa shape index (κ1) is 20.9. The van der Waals surface area contributed by atoms with E-state index in [9.17, 15) is 4.79 Å². The topological polar surface area (TPSA) is 29.5 Å². The molecule has 0 N–H and O–H groups in total. The van der Waals surface area contributed by atoms with Crippen molar-refractivity contribution in [3.8, 4) is 0 Å². The van der Waals surface area contributed by atoms with Crippen LogP contribution in [-0.4, -0.2) is 5.97 Å². The molecule has 3 aliphatic rings. The Morgan fingerprint density at radius 1 is 0.649 bits per heavy atom. The third kappa shape index (κ3) is 2.71. The van der Waals surface area contributed by atoms with Gasteiger partial charge in [0.2, 0.25) is 0 Å². The first-order valence-electron chi connectivity index (χ1n) is 12.4. The number of rotatable bonds is 1. The fraction of sp³-hybridized carbons (Fsp3) is 0.0606. The average molecular weight is 496 g/mol. The zero-order chi connectivity index (χ0) is 24.6. The van der Waals surface area contributed by atoms with Crippen LogP contribution in [0.3, 0.4) is 0 Å². The molecular formula is C33H21NO2S. The van der Waals surface area contributed by atoms with E-state index in [2.05, 4.69) is 108 Å². The van der Waals surface area contributed by atoms with Crippen LogP contribution in [0.4, 0.5) is 17.1 Å². The molecule has 1 spiro atoms. The molecule has 8 rings (SSSR count). The van der Waals surface area contributed by atoms with E-state index >= 15 is 0 Å². The zero-order valence-corrected chi connectivity index (χ0v) is 20.7. The molecule has 0 aliphatic carbocycles. The molecule has 0 fully saturated rings. The van der Waals surface area contributed by atoms with Crippen molar-refractivity contribution in [2.24, 2.45) is 0 Å². The zero-order valence-electron chi connectivity index (χ0n) is 19.8. The minimum Gasteiger partial charge on any atom is -0.457 e. The number of benzene rings is 5. The fourth-order valence-corrected chi connectivity index (χ4v) is 7.55. The number of hydrogen-bond acceptors (Lipinski definition) is 4. The molecule has 0 unspecified atom stereocenters. The molecule has 5 aromatic carbocycles. The summed E-state index contributed by atoms with van der Waals surface area (Å²) in [6.45, 7) is 0.320. The number of esters is 1. The van der Waals surface area contributed by atoms with E-state index in [4.69, 9.17) is 4.74 Å². The van der Waals surface area contributed by atoms with Crippen LogP contribution in [0.15, 0.2) is 125 Å². The lowest BCUT2D eigenvalue weighted by Gasteiger charge is -2.49. The van der Waals surface area contributed by atoms with Crippen LogP contribution in [-0.2, 0) is 16.8 Å². The van der Waals surface area contributed by atoms with Crippen LogP contribution in [0.5, 0.6) is 0 Å². The van der Waals surface area contributed by atoms with Crippen LogP contribution in [0.1, 0.15) is 38.2 Å². The van der Waals surface area contributed by atoms with Crippen LogP contribution in [0.2, 0.25) is 0 Å². The fourth-order valence-electron chi connectivity index (χ4n) is 6.36. The van der Waals surface area contributed by atoms with Crippen molar-refractivity contribution in [3.05, 3.63) is 149 Å². The van der Waals surface area contributed by atoms with E-state index < -0.39 is 5.41 Å². The third-order valence-corrected chi connectivity index (χ3v) is 8.98. The Morgan fingerprint density at radius 3 is 1.81 bits per heavy atom. The van der Waals surface area contributed by atoms with E-state index in [1.165, 1.54) is 32.0 Å². The highest BCUT2D eigenvalue weighted by molar-refractivity contribution is 7.99. The van der Waals surface area contributed by atoms with E-state index in [1.807, 2.05) is 23.9 Å². The van der Waals surface area contributed by atoms with Crippen molar-refractivity contribution in [1.82, 2.24) is 0 Å². The second kappa shape index (κ2) is 7.61. The number of nitrogens with zero attached hydrogens (tertiary/aromatic N) is 1. The molecule has 4 heteroatoms. The molecule has 0 amide bonds. The quantitative estimate of drug-likeness (QED) is 0.216. The van der Waals surface area contributed by atoms with Gasteiger partial charge in [0.25, 0.3) is 0 Å². The average Bonchev–Trinajstić information content (AvgIpc) is 3.33. The van der Waals surface area contributed by atoms with Crippen molar-refractivity contribution in [2.75, 3.05) is 4.90 Å². The number of para-hydroxylation sites is 2. The lowest BCUT2D eigenvalue weighted by atomic mass is 9.62. The third-order valence-electron chi connectivity index (χ3n) is 7.83. The predicted octanol–water partition coefficient (Wildman–Crippen LogP) is 7.99. The molecule has 0 aromatic heterocycles. The maximum Gasteiger partial charge on any atom is 0.338 e. The molecule has 5 aromatic rings.